The van der Waals surface area contributed by atoms with Crippen LogP contribution in [0.15, 0.2) is 52.6 Å². The molecule has 1 aliphatic rings. The van der Waals surface area contributed by atoms with Crippen LogP contribution in [0.3, 0.4) is 0 Å². The number of aromatic nitrogens is 1. The average molecular weight is 341 g/mol. The van der Waals surface area contributed by atoms with E-state index in [0.29, 0.717) is 27.3 Å². The van der Waals surface area contributed by atoms with Gasteiger partial charge in [-0.25, -0.2) is 4.99 Å². The van der Waals surface area contributed by atoms with E-state index in [9.17, 15) is 4.79 Å². The molecule has 0 spiro atoms. The zero-order valence-electron chi connectivity index (χ0n) is 13.1. The van der Waals surface area contributed by atoms with Gasteiger partial charge in [0.1, 0.15) is 17.2 Å². The highest BCUT2D eigenvalue weighted by Crippen LogP contribution is 2.34. The first-order valence-corrected chi connectivity index (χ1v) is 7.93. The molecule has 0 radical (unpaired) electrons. The second-order valence-electron chi connectivity index (χ2n) is 4.81. The van der Waals surface area contributed by atoms with Gasteiger partial charge in [0.2, 0.25) is 0 Å². The third kappa shape index (κ3) is 3.57. The topological polar surface area (TPSA) is 72.8 Å². The van der Waals surface area contributed by atoms with Crippen molar-refractivity contribution in [1.29, 1.82) is 0 Å². The Hall–Kier alpha value is -2.80. The first kappa shape index (κ1) is 16.1. The monoisotopic (exact) mass is 341 g/mol. The predicted molar refractivity (Wildman–Crippen MR) is 94.6 cm³/mol. The molecule has 24 heavy (non-hydrogen) atoms. The van der Waals surface area contributed by atoms with Crippen molar-refractivity contribution >= 4 is 34.6 Å². The van der Waals surface area contributed by atoms with Crippen LogP contribution in [0, 0.1) is 0 Å². The number of carbonyl (C=O) groups excluding carboxylic acids is 1. The predicted octanol–water partition coefficient (Wildman–Crippen LogP) is 2.99. The molecule has 1 fully saturated rings. The third-order valence-electron chi connectivity index (χ3n) is 3.24. The number of thioether (sulfide) groups is 1. The number of methoxy groups -OCH3 is 2. The normalized spacial score (nSPS) is 17.2. The lowest BCUT2D eigenvalue weighted by atomic mass is 10.2. The second-order valence-corrected chi connectivity index (χ2v) is 5.84. The molecular weight excluding hydrogens is 326 g/mol. The Morgan fingerprint density at radius 1 is 1.25 bits per heavy atom. The van der Waals surface area contributed by atoms with E-state index in [1.165, 1.54) is 11.8 Å². The number of nitrogens with zero attached hydrogens (tertiary/aromatic N) is 2. The molecule has 2 heterocycles. The number of aliphatic imine (C=N–C) groups is 1. The number of benzene rings is 1. The van der Waals surface area contributed by atoms with Gasteiger partial charge in [0.25, 0.3) is 5.91 Å². The number of ether oxygens (including phenoxy) is 2. The van der Waals surface area contributed by atoms with Crippen LogP contribution in [0.25, 0.3) is 6.08 Å². The van der Waals surface area contributed by atoms with Crippen molar-refractivity contribution in [3.63, 3.8) is 0 Å². The van der Waals surface area contributed by atoms with Crippen LogP contribution in [-0.4, -0.2) is 30.3 Å². The Morgan fingerprint density at radius 2 is 2.12 bits per heavy atom. The minimum absolute atomic E-state index is 0.185. The van der Waals surface area contributed by atoms with E-state index in [1.807, 2.05) is 12.1 Å². The molecule has 0 saturated carbocycles. The summed E-state index contributed by atoms with van der Waals surface area (Å²) in [7, 11) is 3.15. The Balaban J connectivity index is 1.86. The Kier molecular flexibility index (Phi) is 4.81. The summed E-state index contributed by atoms with van der Waals surface area (Å²) in [6.07, 6.45) is 5.16. The molecule has 0 aliphatic carbocycles. The van der Waals surface area contributed by atoms with Gasteiger partial charge in [-0.05, 0) is 41.6 Å². The van der Waals surface area contributed by atoms with Crippen LogP contribution in [-0.2, 0) is 4.79 Å². The van der Waals surface area contributed by atoms with Gasteiger partial charge < -0.3 is 14.8 Å². The summed E-state index contributed by atoms with van der Waals surface area (Å²) in [6.45, 7) is 0. The van der Waals surface area contributed by atoms with Gasteiger partial charge in [-0.3, -0.25) is 9.78 Å². The second kappa shape index (κ2) is 7.18. The van der Waals surface area contributed by atoms with E-state index in [-0.39, 0.29) is 5.91 Å². The summed E-state index contributed by atoms with van der Waals surface area (Å²) in [6, 6.07) is 9.01. The summed E-state index contributed by atoms with van der Waals surface area (Å²) in [5.74, 6) is 1.06. The van der Waals surface area contributed by atoms with Gasteiger partial charge in [0.05, 0.1) is 19.1 Å². The van der Waals surface area contributed by atoms with Crippen LogP contribution < -0.4 is 14.8 Å². The smallest absolute Gasteiger partial charge is 0.264 e. The van der Waals surface area contributed by atoms with Crippen LogP contribution in [0.2, 0.25) is 0 Å². The first-order chi connectivity index (χ1) is 11.7. The summed E-state index contributed by atoms with van der Waals surface area (Å²) in [4.78, 5) is 21.1. The Morgan fingerprint density at radius 3 is 2.83 bits per heavy atom. The molecule has 0 unspecified atom stereocenters. The Bertz CT molecular complexity index is 819. The van der Waals surface area contributed by atoms with Crippen molar-refractivity contribution in [3.05, 3.63) is 53.2 Å². The van der Waals surface area contributed by atoms with Crippen LogP contribution >= 0.6 is 11.8 Å². The highest BCUT2D eigenvalue weighted by atomic mass is 32.2. The number of amides is 1. The number of hydrogen-bond donors (Lipinski definition) is 1. The molecule has 6 nitrogen and oxygen atoms in total. The molecule has 0 atom stereocenters. The molecule has 3 rings (SSSR count). The van der Waals surface area contributed by atoms with Crippen molar-refractivity contribution in [1.82, 2.24) is 10.3 Å². The lowest BCUT2D eigenvalue weighted by Crippen LogP contribution is -2.19. The number of nitrogens with one attached hydrogen (secondary N) is 1. The molecule has 1 N–H and O–H groups in total. The summed E-state index contributed by atoms with van der Waals surface area (Å²) in [5.41, 5.74) is 1.47. The first-order valence-electron chi connectivity index (χ1n) is 7.11. The van der Waals surface area contributed by atoms with Gasteiger partial charge in [0, 0.05) is 18.5 Å². The van der Waals surface area contributed by atoms with Gasteiger partial charge in [-0.15, -0.1) is 0 Å². The fourth-order valence-electron chi connectivity index (χ4n) is 2.08. The van der Waals surface area contributed by atoms with E-state index in [4.69, 9.17) is 9.47 Å². The van der Waals surface area contributed by atoms with E-state index >= 15 is 0 Å². The minimum atomic E-state index is -0.185. The molecule has 1 aromatic carbocycles. The zero-order valence-corrected chi connectivity index (χ0v) is 14.0. The number of pyridine rings is 1. The molecule has 0 bridgehead atoms. The van der Waals surface area contributed by atoms with Gasteiger partial charge in [-0.1, -0.05) is 6.07 Å². The maximum atomic E-state index is 12.1. The van der Waals surface area contributed by atoms with Crippen molar-refractivity contribution in [2.45, 2.75) is 0 Å². The standard InChI is InChI=1S/C17H15N3O3S/c1-22-12-5-6-13(14(9-12)23-2)19-17-20-16(21)15(24-17)8-11-4-3-7-18-10-11/h3-10H,1-2H3,(H,19,20,21). The van der Waals surface area contributed by atoms with E-state index in [2.05, 4.69) is 15.3 Å². The third-order valence-corrected chi connectivity index (χ3v) is 4.15. The number of hydrogen-bond acceptors (Lipinski definition) is 6. The Labute approximate surface area is 143 Å². The minimum Gasteiger partial charge on any atom is -0.497 e. The fraction of sp³-hybridized carbons (Fsp3) is 0.118. The quantitative estimate of drug-likeness (QED) is 0.866. The molecule has 1 aromatic heterocycles. The van der Waals surface area contributed by atoms with Crippen LogP contribution in [0.5, 0.6) is 11.5 Å². The van der Waals surface area contributed by atoms with Crippen molar-refractivity contribution in [2.24, 2.45) is 4.99 Å². The number of amidine groups is 1. The highest BCUT2D eigenvalue weighted by Gasteiger charge is 2.24. The van der Waals surface area contributed by atoms with Gasteiger partial charge in [0.15, 0.2) is 5.17 Å². The van der Waals surface area contributed by atoms with Gasteiger partial charge in [-0.2, -0.15) is 0 Å². The van der Waals surface area contributed by atoms with Crippen molar-refractivity contribution in [3.8, 4) is 11.5 Å². The van der Waals surface area contributed by atoms with Crippen LogP contribution in [0.1, 0.15) is 5.56 Å². The SMILES string of the molecule is COc1ccc(N=C2NC(=O)C(=Cc3cccnc3)S2)c(OC)c1. The highest BCUT2D eigenvalue weighted by molar-refractivity contribution is 8.18. The summed E-state index contributed by atoms with van der Waals surface area (Å²) in [5, 5.41) is 3.25. The largest absolute Gasteiger partial charge is 0.497 e. The molecular formula is C17H15N3O3S. The van der Waals surface area contributed by atoms with Gasteiger partial charge >= 0.3 is 0 Å². The lowest BCUT2D eigenvalue weighted by molar-refractivity contribution is -0.115. The molecule has 1 aliphatic heterocycles. The molecule has 122 valence electrons. The number of rotatable bonds is 4. The molecule has 7 heteroatoms. The average Bonchev–Trinajstić information content (AvgIpc) is 2.95. The molecule has 2 aromatic rings. The summed E-state index contributed by atoms with van der Waals surface area (Å²) >= 11 is 1.27. The fourth-order valence-corrected chi connectivity index (χ4v) is 2.91. The van der Waals surface area contributed by atoms with E-state index in [1.54, 1.807) is 50.9 Å². The van der Waals surface area contributed by atoms with Crippen molar-refractivity contribution < 1.29 is 14.3 Å². The molecule has 1 saturated heterocycles. The molecule has 1 amide bonds. The van der Waals surface area contributed by atoms with E-state index in [0.717, 1.165) is 5.56 Å². The lowest BCUT2D eigenvalue weighted by Gasteiger charge is -2.07. The van der Waals surface area contributed by atoms with Crippen molar-refractivity contribution in [2.75, 3.05) is 14.2 Å². The zero-order chi connectivity index (χ0) is 16.9. The number of carbonyl (C=O) groups is 1. The van der Waals surface area contributed by atoms with Crippen LogP contribution in [0.4, 0.5) is 5.69 Å². The maximum Gasteiger partial charge on any atom is 0.264 e. The van der Waals surface area contributed by atoms with E-state index < -0.39 is 0 Å². The summed E-state index contributed by atoms with van der Waals surface area (Å²) < 4.78 is 10.5. The maximum absolute atomic E-state index is 12.1.